The normalized spacial score (nSPS) is 11.2. The highest BCUT2D eigenvalue weighted by molar-refractivity contribution is 7.99. The Morgan fingerprint density at radius 2 is 1.96 bits per heavy atom. The number of nitrogens with zero attached hydrogens (tertiary/aromatic N) is 2. The molecule has 1 heterocycles. The predicted molar refractivity (Wildman–Crippen MR) is 96.1 cm³/mol. The number of aromatic nitrogens is 2. The van der Waals surface area contributed by atoms with Gasteiger partial charge >= 0.3 is 6.09 Å². The van der Waals surface area contributed by atoms with E-state index in [1.807, 2.05) is 18.4 Å². The summed E-state index contributed by atoms with van der Waals surface area (Å²) in [5.41, 5.74) is 5.86. The van der Waals surface area contributed by atoms with E-state index in [2.05, 4.69) is 11.9 Å². The first-order chi connectivity index (χ1) is 12.3. The van der Waals surface area contributed by atoms with E-state index in [0.29, 0.717) is 17.3 Å². The summed E-state index contributed by atoms with van der Waals surface area (Å²) in [4.78, 5) is 16.0. The van der Waals surface area contributed by atoms with Gasteiger partial charge in [0.2, 0.25) is 0 Å². The zero-order valence-electron chi connectivity index (χ0n) is 15.1. The highest BCUT2D eigenvalue weighted by Gasteiger charge is 2.21. The molecular formula is C18H23F2N3O2S. The van der Waals surface area contributed by atoms with Crippen LogP contribution in [-0.4, -0.2) is 15.6 Å². The average molecular weight is 383 g/mol. The van der Waals surface area contributed by atoms with Gasteiger partial charge < -0.3 is 15.0 Å². The summed E-state index contributed by atoms with van der Waals surface area (Å²) in [6.07, 6.45) is 0.981. The highest BCUT2D eigenvalue weighted by atomic mass is 32.2. The van der Waals surface area contributed by atoms with E-state index in [-0.39, 0.29) is 12.5 Å². The number of hydrogen-bond donors (Lipinski definition) is 1. The van der Waals surface area contributed by atoms with Crippen molar-refractivity contribution in [2.75, 3.05) is 0 Å². The van der Waals surface area contributed by atoms with Crippen LogP contribution < -0.4 is 5.73 Å². The number of amides is 1. The summed E-state index contributed by atoms with van der Waals surface area (Å²) < 4.78 is 34.0. The number of rotatable bonds is 8. The Balaban J connectivity index is 2.46. The van der Waals surface area contributed by atoms with Crippen molar-refractivity contribution < 1.29 is 18.3 Å². The lowest BCUT2D eigenvalue weighted by molar-refractivity contribution is 0.145. The van der Waals surface area contributed by atoms with Crippen molar-refractivity contribution >= 4 is 17.9 Å². The molecule has 0 unspecified atom stereocenters. The Bertz CT molecular complexity index is 758. The third-order valence-corrected chi connectivity index (χ3v) is 4.80. The minimum Gasteiger partial charge on any atom is -0.442 e. The monoisotopic (exact) mass is 383 g/mol. The molecule has 2 aromatic rings. The molecule has 0 radical (unpaired) electrons. The molecule has 1 amide bonds. The third-order valence-electron chi connectivity index (χ3n) is 3.70. The molecule has 0 saturated heterocycles. The second-order valence-electron chi connectivity index (χ2n) is 6.19. The molecule has 0 spiro atoms. The fraction of sp³-hybridized carbons (Fsp3) is 0.444. The molecule has 0 atom stereocenters. The van der Waals surface area contributed by atoms with Crippen molar-refractivity contribution in [3.05, 3.63) is 41.4 Å². The number of ether oxygens (including phenoxy) is 1. The Labute approximate surface area is 155 Å². The zero-order chi connectivity index (χ0) is 19.3. The van der Waals surface area contributed by atoms with Gasteiger partial charge in [-0.3, -0.25) is 0 Å². The molecule has 1 aromatic carbocycles. The van der Waals surface area contributed by atoms with Crippen molar-refractivity contribution in [3.8, 4) is 0 Å². The summed E-state index contributed by atoms with van der Waals surface area (Å²) in [6.45, 7) is 6.65. The van der Waals surface area contributed by atoms with Crippen molar-refractivity contribution in [2.45, 2.75) is 62.6 Å². The lowest BCUT2D eigenvalue weighted by Gasteiger charge is -2.13. The molecule has 0 saturated carbocycles. The number of benzene rings is 1. The number of hydrogen-bond acceptors (Lipinski definition) is 4. The Hall–Kier alpha value is -2.09. The van der Waals surface area contributed by atoms with Crippen molar-refractivity contribution in [1.82, 2.24) is 9.55 Å². The number of nitrogens with two attached hydrogens (primary N) is 1. The van der Waals surface area contributed by atoms with Crippen LogP contribution >= 0.6 is 11.8 Å². The summed E-state index contributed by atoms with van der Waals surface area (Å²) in [7, 11) is 0. The molecule has 0 fully saturated rings. The van der Waals surface area contributed by atoms with Crippen LogP contribution in [0.4, 0.5) is 13.6 Å². The van der Waals surface area contributed by atoms with Gasteiger partial charge in [0.15, 0.2) is 6.61 Å². The highest BCUT2D eigenvalue weighted by Crippen LogP contribution is 2.36. The minimum absolute atomic E-state index is 0.0448. The second kappa shape index (κ2) is 9.02. The van der Waals surface area contributed by atoms with Crippen LogP contribution in [-0.2, 0) is 17.9 Å². The molecule has 2 rings (SSSR count). The summed E-state index contributed by atoms with van der Waals surface area (Å²) in [6, 6.07) is 3.41. The minimum atomic E-state index is -0.873. The van der Waals surface area contributed by atoms with E-state index in [1.165, 1.54) is 23.9 Å². The maximum atomic E-state index is 13.6. The molecular weight excluding hydrogens is 360 g/mol. The molecule has 1 aromatic heterocycles. The van der Waals surface area contributed by atoms with Gasteiger partial charge in [0.05, 0.1) is 5.69 Å². The molecule has 0 bridgehead atoms. The maximum Gasteiger partial charge on any atom is 0.404 e. The van der Waals surface area contributed by atoms with Crippen LogP contribution in [0.15, 0.2) is 28.1 Å². The molecule has 5 nitrogen and oxygen atoms in total. The number of unbranched alkanes of at least 4 members (excludes halogenated alkanes) is 1. The van der Waals surface area contributed by atoms with Crippen LogP contribution in [0.1, 0.15) is 51.0 Å². The molecule has 142 valence electrons. The van der Waals surface area contributed by atoms with Crippen LogP contribution in [0.5, 0.6) is 0 Å². The summed E-state index contributed by atoms with van der Waals surface area (Å²) in [5.74, 6) is -0.600. The smallest absolute Gasteiger partial charge is 0.404 e. The molecule has 0 aliphatic carbocycles. The van der Waals surface area contributed by atoms with E-state index in [0.717, 1.165) is 29.6 Å². The zero-order valence-corrected chi connectivity index (χ0v) is 15.9. The van der Waals surface area contributed by atoms with Crippen LogP contribution in [0.25, 0.3) is 0 Å². The van der Waals surface area contributed by atoms with Gasteiger partial charge in [-0.15, -0.1) is 0 Å². The first kappa shape index (κ1) is 20.2. The average Bonchev–Trinajstić information content (AvgIpc) is 2.87. The van der Waals surface area contributed by atoms with Gasteiger partial charge in [0.25, 0.3) is 0 Å². The number of primary amides is 1. The van der Waals surface area contributed by atoms with E-state index in [1.54, 1.807) is 0 Å². The fourth-order valence-corrected chi connectivity index (χ4v) is 3.74. The largest absolute Gasteiger partial charge is 0.442 e. The van der Waals surface area contributed by atoms with Crippen molar-refractivity contribution in [3.63, 3.8) is 0 Å². The van der Waals surface area contributed by atoms with Crippen LogP contribution in [0.2, 0.25) is 0 Å². The lowest BCUT2D eigenvalue weighted by Crippen LogP contribution is -2.15. The lowest BCUT2D eigenvalue weighted by atomic mass is 10.1. The van der Waals surface area contributed by atoms with E-state index in [9.17, 15) is 13.6 Å². The van der Waals surface area contributed by atoms with Gasteiger partial charge in [0.1, 0.15) is 22.5 Å². The van der Waals surface area contributed by atoms with Crippen LogP contribution in [0, 0.1) is 11.6 Å². The second-order valence-corrected chi connectivity index (χ2v) is 7.26. The summed E-state index contributed by atoms with van der Waals surface area (Å²) in [5, 5.41) is 0.793. The fourth-order valence-electron chi connectivity index (χ4n) is 2.48. The first-order valence-electron chi connectivity index (χ1n) is 8.47. The molecule has 0 aliphatic rings. The van der Waals surface area contributed by atoms with Crippen LogP contribution in [0.3, 0.4) is 0 Å². The SMILES string of the molecule is CCCCn1c(COC(N)=O)nc(C(C)C)c1Sc1cc(F)cc(F)c1. The van der Waals surface area contributed by atoms with E-state index >= 15 is 0 Å². The predicted octanol–water partition coefficient (Wildman–Crippen LogP) is 4.83. The van der Waals surface area contributed by atoms with E-state index < -0.39 is 17.7 Å². The first-order valence-corrected chi connectivity index (χ1v) is 9.29. The molecule has 2 N–H and O–H groups in total. The Kier molecular flexibility index (Phi) is 7.02. The molecule has 26 heavy (non-hydrogen) atoms. The topological polar surface area (TPSA) is 70.1 Å². The standard InChI is InChI=1S/C18H23F2N3O2S/c1-4-5-6-23-15(10-25-18(21)24)22-16(11(2)3)17(23)26-14-8-12(19)7-13(20)9-14/h7-9,11H,4-6,10H2,1-3H3,(H2,21,24). The maximum absolute atomic E-state index is 13.6. The van der Waals surface area contributed by atoms with E-state index in [4.69, 9.17) is 10.5 Å². The van der Waals surface area contributed by atoms with Crippen molar-refractivity contribution in [2.24, 2.45) is 5.73 Å². The Morgan fingerprint density at radius 3 is 2.50 bits per heavy atom. The molecule has 8 heteroatoms. The number of carbonyl (C=O) groups excluding carboxylic acids is 1. The number of halogens is 2. The van der Waals surface area contributed by atoms with Gasteiger partial charge in [0, 0.05) is 17.5 Å². The van der Waals surface area contributed by atoms with Gasteiger partial charge in [-0.2, -0.15) is 0 Å². The molecule has 0 aliphatic heterocycles. The quantitative estimate of drug-likeness (QED) is 0.709. The third kappa shape index (κ3) is 5.20. The van der Waals surface area contributed by atoms with Gasteiger partial charge in [-0.25, -0.2) is 18.6 Å². The number of imidazole rings is 1. The Morgan fingerprint density at radius 1 is 1.31 bits per heavy atom. The summed E-state index contributed by atoms with van der Waals surface area (Å²) >= 11 is 1.25. The van der Waals surface area contributed by atoms with Crippen molar-refractivity contribution in [1.29, 1.82) is 0 Å². The number of carbonyl (C=O) groups is 1. The van der Waals surface area contributed by atoms with Gasteiger partial charge in [-0.1, -0.05) is 39.0 Å². The van der Waals surface area contributed by atoms with Gasteiger partial charge in [-0.05, 0) is 24.5 Å².